The molecule has 1 atom stereocenters. The first-order valence-corrected chi connectivity index (χ1v) is 19.0. The van der Waals surface area contributed by atoms with Gasteiger partial charge in [0.25, 0.3) is 0 Å². The van der Waals surface area contributed by atoms with Gasteiger partial charge in [-0.3, -0.25) is 0 Å². The maximum Gasteiger partial charge on any atom is 0.138 e. The molecule has 0 aromatic rings. The summed E-state index contributed by atoms with van der Waals surface area (Å²) in [6.45, 7) is 8.89. The van der Waals surface area contributed by atoms with Gasteiger partial charge in [0.15, 0.2) is 0 Å². The maximum atomic E-state index is 12.4. The molecule has 0 saturated heterocycles. The largest absolute Gasteiger partial charge is 0.778 e. The predicted molar refractivity (Wildman–Crippen MR) is 151 cm³/mol. The molecule has 33 heavy (non-hydrogen) atoms. The second kappa shape index (κ2) is 23.0. The van der Waals surface area contributed by atoms with Crippen molar-refractivity contribution >= 4 is 14.9 Å². The van der Waals surface area contributed by atoms with Crippen molar-refractivity contribution in [3.8, 4) is 0 Å². The molecule has 0 spiro atoms. The molecule has 1 unspecified atom stereocenters. The van der Waals surface area contributed by atoms with Crippen molar-refractivity contribution in [3.63, 3.8) is 0 Å². The molecule has 0 fully saturated rings. The van der Waals surface area contributed by atoms with Crippen molar-refractivity contribution in [2.75, 3.05) is 37.4 Å². The summed E-state index contributed by atoms with van der Waals surface area (Å²) in [5.74, 6) is 0. The van der Waals surface area contributed by atoms with Crippen LogP contribution in [0, 0.1) is 0 Å². The average molecular weight is 507 g/mol. The molecule has 0 saturated carbocycles. The zero-order chi connectivity index (χ0) is 24.7. The average Bonchev–Trinajstić information content (AvgIpc) is 2.79. The molecule has 0 aliphatic rings. The molecule has 0 amide bonds. The van der Waals surface area contributed by atoms with E-state index < -0.39 is 14.9 Å². The smallest absolute Gasteiger partial charge is 0.138 e. The van der Waals surface area contributed by atoms with Gasteiger partial charge in [0.2, 0.25) is 0 Å². The quantitative estimate of drug-likeness (QED) is 0.0866. The third kappa shape index (κ3) is 20.5. The molecule has 0 aliphatic carbocycles. The van der Waals surface area contributed by atoms with Crippen LogP contribution >= 0.6 is 14.9 Å². The first-order valence-electron chi connectivity index (χ1n) is 14.7. The maximum absolute atomic E-state index is 12.4. The van der Waals surface area contributed by atoms with Crippen LogP contribution in [0.15, 0.2) is 0 Å². The van der Waals surface area contributed by atoms with E-state index in [9.17, 15) is 9.46 Å². The summed E-state index contributed by atoms with van der Waals surface area (Å²) in [5, 5.41) is 0. The molecule has 0 heterocycles. The molecule has 200 valence electrons. The standard InChI is InChI=1S/C28H60O3P2/c1-5-9-12-15-18-21-24-32(25-22-19-16-13-10-6-2,26-23-20-17-14-11-7-3)27-28-33(29,30)31-8-4/h5-28H2,1-4H3. The van der Waals surface area contributed by atoms with Crippen LogP contribution < -0.4 is 4.89 Å². The summed E-state index contributed by atoms with van der Waals surface area (Å²) in [5.41, 5.74) is 0. The fourth-order valence-corrected chi connectivity index (χ4v) is 12.2. The molecule has 0 aromatic heterocycles. The van der Waals surface area contributed by atoms with Crippen LogP contribution in [-0.4, -0.2) is 37.4 Å². The second-order valence-electron chi connectivity index (χ2n) is 10.3. The van der Waals surface area contributed by atoms with Crippen molar-refractivity contribution in [1.29, 1.82) is 0 Å². The minimum Gasteiger partial charge on any atom is -0.778 e. The van der Waals surface area contributed by atoms with Gasteiger partial charge in [-0.1, -0.05) is 97.8 Å². The zero-order valence-electron chi connectivity index (χ0n) is 23.1. The lowest BCUT2D eigenvalue weighted by Crippen LogP contribution is -2.19. The highest BCUT2D eigenvalue weighted by molar-refractivity contribution is 7.76. The highest BCUT2D eigenvalue weighted by atomic mass is 31.2. The molecule has 5 heteroatoms. The van der Waals surface area contributed by atoms with E-state index in [-0.39, 0.29) is 12.8 Å². The van der Waals surface area contributed by atoms with E-state index in [1.165, 1.54) is 134 Å². The SMILES string of the molecule is CCCCCCCC[P+](CCCCCCCC)(CCCCCCCC)CCP(=O)([O-])OCC. The van der Waals surface area contributed by atoms with Crippen LogP contribution in [0.3, 0.4) is 0 Å². The van der Waals surface area contributed by atoms with E-state index in [2.05, 4.69) is 20.8 Å². The van der Waals surface area contributed by atoms with Gasteiger partial charge in [-0.05, 0) is 45.4 Å². The number of rotatable bonds is 26. The van der Waals surface area contributed by atoms with E-state index in [4.69, 9.17) is 4.52 Å². The first-order chi connectivity index (χ1) is 15.9. The van der Waals surface area contributed by atoms with Crippen molar-refractivity contribution in [2.45, 2.75) is 143 Å². The van der Waals surface area contributed by atoms with Crippen molar-refractivity contribution in [1.82, 2.24) is 0 Å². The molecule has 0 rings (SSSR count). The minimum absolute atomic E-state index is 0.274. The monoisotopic (exact) mass is 506 g/mol. The minimum atomic E-state index is -3.67. The molecule has 0 bridgehead atoms. The number of hydrogen-bond acceptors (Lipinski definition) is 3. The summed E-state index contributed by atoms with van der Waals surface area (Å²) < 4.78 is 17.6. The number of unbranched alkanes of at least 4 members (excludes halogenated alkanes) is 15. The highest BCUT2D eigenvalue weighted by Crippen LogP contribution is 2.62. The van der Waals surface area contributed by atoms with E-state index >= 15 is 0 Å². The summed E-state index contributed by atoms with van der Waals surface area (Å²) >= 11 is 0. The third-order valence-electron chi connectivity index (χ3n) is 7.13. The first kappa shape index (κ1) is 33.6. The fourth-order valence-electron chi connectivity index (χ4n) is 4.95. The van der Waals surface area contributed by atoms with Crippen LogP contribution in [-0.2, 0) is 9.09 Å². The molecule has 0 N–H and O–H groups in total. The Labute approximate surface area is 209 Å². The Morgan fingerprint density at radius 2 is 0.879 bits per heavy atom. The molecular weight excluding hydrogens is 446 g/mol. The van der Waals surface area contributed by atoms with Crippen LogP contribution in [0.25, 0.3) is 0 Å². The summed E-state index contributed by atoms with van der Waals surface area (Å²) in [6.07, 6.45) is 29.1. The summed E-state index contributed by atoms with van der Waals surface area (Å²) in [6, 6.07) is 0. The van der Waals surface area contributed by atoms with Crippen molar-refractivity contribution in [3.05, 3.63) is 0 Å². The highest BCUT2D eigenvalue weighted by Gasteiger charge is 2.36. The molecule has 3 nitrogen and oxygen atoms in total. The van der Waals surface area contributed by atoms with E-state index in [0.717, 1.165) is 6.16 Å². The molecular formula is C28H60O3P2. The Morgan fingerprint density at radius 3 is 1.21 bits per heavy atom. The zero-order valence-corrected chi connectivity index (χ0v) is 24.9. The summed E-state index contributed by atoms with van der Waals surface area (Å²) in [7, 11) is -4.91. The molecule has 0 radical (unpaired) electrons. The third-order valence-corrected chi connectivity index (χ3v) is 13.9. The Bertz CT molecular complexity index is 416. The van der Waals surface area contributed by atoms with Crippen LogP contribution in [0.2, 0.25) is 0 Å². The lowest BCUT2D eigenvalue weighted by Gasteiger charge is -2.31. The van der Waals surface area contributed by atoms with Gasteiger partial charge in [0.1, 0.15) is 7.60 Å². The van der Waals surface area contributed by atoms with Crippen molar-refractivity contribution in [2.24, 2.45) is 0 Å². The topological polar surface area (TPSA) is 49.4 Å². The Hall–Kier alpha value is 0.580. The fraction of sp³-hybridized carbons (Fsp3) is 1.00. The Morgan fingerprint density at radius 1 is 0.545 bits per heavy atom. The molecule has 0 aliphatic heterocycles. The van der Waals surface area contributed by atoms with Gasteiger partial charge in [-0.2, -0.15) is 0 Å². The van der Waals surface area contributed by atoms with Gasteiger partial charge in [0.05, 0.1) is 31.3 Å². The lowest BCUT2D eigenvalue weighted by atomic mass is 10.1. The summed E-state index contributed by atoms with van der Waals surface area (Å²) in [4.78, 5) is 12.4. The van der Waals surface area contributed by atoms with Gasteiger partial charge >= 0.3 is 0 Å². The number of hydrogen-bond donors (Lipinski definition) is 0. The Balaban J connectivity index is 5.01. The Kier molecular flexibility index (Phi) is 23.4. The van der Waals surface area contributed by atoms with Gasteiger partial charge in [0, 0.05) is 13.4 Å². The second-order valence-corrected chi connectivity index (χ2v) is 16.7. The van der Waals surface area contributed by atoms with E-state index in [1.807, 2.05) is 0 Å². The van der Waals surface area contributed by atoms with Gasteiger partial charge < -0.3 is 14.0 Å². The predicted octanol–water partition coefficient (Wildman–Crippen LogP) is 9.68. The normalized spacial score (nSPS) is 14.0. The van der Waals surface area contributed by atoms with Crippen LogP contribution in [0.1, 0.15) is 143 Å². The molecule has 0 aromatic carbocycles. The van der Waals surface area contributed by atoms with E-state index in [0.29, 0.717) is 0 Å². The van der Waals surface area contributed by atoms with Crippen molar-refractivity contribution < 1.29 is 14.0 Å². The van der Waals surface area contributed by atoms with Gasteiger partial charge in [-0.25, -0.2) is 0 Å². The van der Waals surface area contributed by atoms with Crippen LogP contribution in [0.4, 0.5) is 0 Å². The van der Waals surface area contributed by atoms with E-state index in [1.54, 1.807) is 6.92 Å². The van der Waals surface area contributed by atoms with Crippen LogP contribution in [0.5, 0.6) is 0 Å². The van der Waals surface area contributed by atoms with Gasteiger partial charge in [-0.15, -0.1) is 0 Å². The lowest BCUT2D eigenvalue weighted by molar-refractivity contribution is -0.197.